The van der Waals surface area contributed by atoms with Gasteiger partial charge in [0.05, 0.1) is 12.5 Å². The van der Waals surface area contributed by atoms with Crippen molar-refractivity contribution in [2.75, 3.05) is 26.7 Å². The maximum atomic E-state index is 12.0. The summed E-state index contributed by atoms with van der Waals surface area (Å²) in [4.78, 5) is 23.5. The van der Waals surface area contributed by atoms with Crippen molar-refractivity contribution >= 4 is 24.3 Å². The predicted molar refractivity (Wildman–Crippen MR) is 85.4 cm³/mol. The van der Waals surface area contributed by atoms with Gasteiger partial charge < -0.3 is 15.4 Å². The average molecular weight is 321 g/mol. The predicted octanol–water partition coefficient (Wildman–Crippen LogP) is 1.75. The van der Waals surface area contributed by atoms with E-state index in [4.69, 9.17) is 4.74 Å². The molecule has 2 N–H and O–H groups in total. The largest absolute Gasteiger partial charge is 0.469 e. The molecule has 1 fully saturated rings. The van der Waals surface area contributed by atoms with Crippen LogP contribution in [0.5, 0.6) is 0 Å². The SMILES string of the molecule is COC(=O)C(C)(C)CNC(=O)CC(C)C1CCNCC1.Cl. The lowest BCUT2D eigenvalue weighted by atomic mass is 9.84. The summed E-state index contributed by atoms with van der Waals surface area (Å²) >= 11 is 0. The second kappa shape index (κ2) is 9.26. The molecule has 1 aliphatic rings. The van der Waals surface area contributed by atoms with Crippen molar-refractivity contribution < 1.29 is 14.3 Å². The molecular weight excluding hydrogens is 292 g/mol. The Morgan fingerprint density at radius 2 is 1.90 bits per heavy atom. The van der Waals surface area contributed by atoms with Gasteiger partial charge in [0.15, 0.2) is 0 Å². The first-order valence-electron chi connectivity index (χ1n) is 7.42. The molecule has 1 aliphatic heterocycles. The molecule has 1 unspecified atom stereocenters. The number of ether oxygens (including phenoxy) is 1. The van der Waals surface area contributed by atoms with Crippen molar-refractivity contribution in [1.82, 2.24) is 10.6 Å². The molecule has 21 heavy (non-hydrogen) atoms. The normalized spacial score (nSPS) is 17.5. The molecule has 0 spiro atoms. The van der Waals surface area contributed by atoms with E-state index in [2.05, 4.69) is 17.6 Å². The standard InChI is InChI=1S/C15H28N2O3.ClH/c1-11(12-5-7-16-8-6-12)9-13(18)17-10-15(2,3)14(19)20-4;/h11-12,16H,5-10H2,1-4H3,(H,17,18);1H. The molecular formula is C15H29ClN2O3. The zero-order valence-corrected chi connectivity index (χ0v) is 14.3. The van der Waals surface area contributed by atoms with Crippen LogP contribution in [0.4, 0.5) is 0 Å². The maximum absolute atomic E-state index is 12.0. The van der Waals surface area contributed by atoms with Gasteiger partial charge in [0.1, 0.15) is 0 Å². The Labute approximate surface area is 134 Å². The van der Waals surface area contributed by atoms with Crippen molar-refractivity contribution in [3.05, 3.63) is 0 Å². The van der Waals surface area contributed by atoms with Gasteiger partial charge in [-0.1, -0.05) is 6.92 Å². The summed E-state index contributed by atoms with van der Waals surface area (Å²) in [5, 5.41) is 6.19. The number of methoxy groups -OCH3 is 1. The van der Waals surface area contributed by atoms with Gasteiger partial charge in [-0.15, -0.1) is 12.4 Å². The van der Waals surface area contributed by atoms with Gasteiger partial charge in [-0.2, -0.15) is 0 Å². The zero-order chi connectivity index (χ0) is 15.2. The van der Waals surface area contributed by atoms with Crippen LogP contribution in [0.25, 0.3) is 0 Å². The monoisotopic (exact) mass is 320 g/mol. The first-order valence-corrected chi connectivity index (χ1v) is 7.42. The van der Waals surface area contributed by atoms with Crippen LogP contribution < -0.4 is 10.6 Å². The highest BCUT2D eigenvalue weighted by Gasteiger charge is 2.29. The summed E-state index contributed by atoms with van der Waals surface area (Å²) in [5.41, 5.74) is -0.678. The molecule has 1 atom stereocenters. The topological polar surface area (TPSA) is 67.4 Å². The van der Waals surface area contributed by atoms with E-state index in [9.17, 15) is 9.59 Å². The molecule has 1 heterocycles. The summed E-state index contributed by atoms with van der Waals surface area (Å²) in [6, 6.07) is 0. The summed E-state index contributed by atoms with van der Waals surface area (Å²) < 4.78 is 4.73. The number of carbonyl (C=O) groups excluding carboxylic acids is 2. The van der Waals surface area contributed by atoms with Crippen molar-refractivity contribution in [1.29, 1.82) is 0 Å². The Bertz CT molecular complexity index is 342. The lowest BCUT2D eigenvalue weighted by molar-refractivity contribution is -0.150. The first-order chi connectivity index (χ1) is 9.36. The molecule has 0 bridgehead atoms. The van der Waals surface area contributed by atoms with Crippen LogP contribution in [-0.2, 0) is 14.3 Å². The van der Waals surface area contributed by atoms with Crippen LogP contribution >= 0.6 is 12.4 Å². The van der Waals surface area contributed by atoms with E-state index in [0.717, 1.165) is 25.9 Å². The van der Waals surface area contributed by atoms with Crippen molar-refractivity contribution in [2.45, 2.75) is 40.0 Å². The molecule has 0 radical (unpaired) electrons. The van der Waals surface area contributed by atoms with E-state index in [1.165, 1.54) is 7.11 Å². The number of amides is 1. The summed E-state index contributed by atoms with van der Waals surface area (Å²) in [7, 11) is 1.37. The van der Waals surface area contributed by atoms with Gasteiger partial charge in [0, 0.05) is 13.0 Å². The first kappa shape index (κ1) is 20.2. The van der Waals surface area contributed by atoms with E-state index < -0.39 is 5.41 Å². The number of piperidine rings is 1. The van der Waals surface area contributed by atoms with Crippen LogP contribution in [0.15, 0.2) is 0 Å². The van der Waals surface area contributed by atoms with E-state index in [0.29, 0.717) is 24.8 Å². The van der Waals surface area contributed by atoms with Crippen LogP contribution in [-0.4, -0.2) is 38.6 Å². The Kier molecular flexibility index (Phi) is 8.90. The molecule has 1 amide bonds. The van der Waals surface area contributed by atoms with Crippen LogP contribution in [0, 0.1) is 17.3 Å². The molecule has 6 heteroatoms. The third-order valence-electron chi connectivity index (χ3n) is 4.16. The summed E-state index contributed by atoms with van der Waals surface area (Å²) in [6.07, 6.45) is 2.81. The molecule has 1 saturated heterocycles. The van der Waals surface area contributed by atoms with Gasteiger partial charge in [-0.05, 0) is 51.6 Å². The molecule has 1 rings (SSSR count). The minimum absolute atomic E-state index is 0. The molecule has 0 aliphatic carbocycles. The van der Waals surface area contributed by atoms with Gasteiger partial charge in [0.2, 0.25) is 5.91 Å². The number of rotatable bonds is 6. The molecule has 5 nitrogen and oxygen atoms in total. The van der Waals surface area contributed by atoms with E-state index in [-0.39, 0.29) is 24.3 Å². The number of carbonyl (C=O) groups is 2. The van der Waals surface area contributed by atoms with Crippen LogP contribution in [0.1, 0.15) is 40.0 Å². The second-order valence-corrected chi connectivity index (χ2v) is 6.42. The van der Waals surface area contributed by atoms with Crippen molar-refractivity contribution in [3.63, 3.8) is 0 Å². The van der Waals surface area contributed by atoms with Crippen LogP contribution in [0.3, 0.4) is 0 Å². The maximum Gasteiger partial charge on any atom is 0.313 e. The van der Waals surface area contributed by atoms with Gasteiger partial charge >= 0.3 is 5.97 Å². The van der Waals surface area contributed by atoms with Crippen molar-refractivity contribution in [2.24, 2.45) is 17.3 Å². The summed E-state index contributed by atoms with van der Waals surface area (Å²) in [5.74, 6) is 0.728. The Morgan fingerprint density at radius 3 is 2.43 bits per heavy atom. The fourth-order valence-corrected chi connectivity index (χ4v) is 2.61. The molecule has 124 valence electrons. The Balaban J connectivity index is 0.00000400. The van der Waals surface area contributed by atoms with E-state index >= 15 is 0 Å². The van der Waals surface area contributed by atoms with E-state index in [1.54, 1.807) is 13.8 Å². The molecule has 0 aromatic rings. The minimum Gasteiger partial charge on any atom is -0.469 e. The summed E-state index contributed by atoms with van der Waals surface area (Å²) in [6.45, 7) is 8.10. The fourth-order valence-electron chi connectivity index (χ4n) is 2.61. The highest BCUT2D eigenvalue weighted by Crippen LogP contribution is 2.24. The minimum atomic E-state index is -0.678. The lowest BCUT2D eigenvalue weighted by Gasteiger charge is -2.28. The third-order valence-corrected chi connectivity index (χ3v) is 4.16. The van der Waals surface area contributed by atoms with Gasteiger partial charge in [-0.3, -0.25) is 9.59 Å². The number of halogens is 1. The third kappa shape index (κ3) is 6.66. The molecule has 0 aromatic heterocycles. The highest BCUT2D eigenvalue weighted by atomic mass is 35.5. The highest BCUT2D eigenvalue weighted by molar-refractivity contribution is 5.85. The molecule has 0 aromatic carbocycles. The van der Waals surface area contributed by atoms with Gasteiger partial charge in [0.25, 0.3) is 0 Å². The Hall–Kier alpha value is -0.810. The van der Waals surface area contributed by atoms with Crippen molar-refractivity contribution in [3.8, 4) is 0 Å². The number of nitrogens with one attached hydrogen (secondary N) is 2. The smallest absolute Gasteiger partial charge is 0.313 e. The van der Waals surface area contributed by atoms with E-state index in [1.807, 2.05) is 0 Å². The van der Waals surface area contributed by atoms with Gasteiger partial charge in [-0.25, -0.2) is 0 Å². The Morgan fingerprint density at radius 1 is 1.33 bits per heavy atom. The average Bonchev–Trinajstić information content (AvgIpc) is 2.45. The fraction of sp³-hybridized carbons (Fsp3) is 0.867. The number of hydrogen-bond donors (Lipinski definition) is 2. The van der Waals surface area contributed by atoms with Crippen LogP contribution in [0.2, 0.25) is 0 Å². The number of hydrogen-bond acceptors (Lipinski definition) is 4. The second-order valence-electron chi connectivity index (χ2n) is 6.42. The zero-order valence-electron chi connectivity index (χ0n) is 13.5. The number of esters is 1. The lowest BCUT2D eigenvalue weighted by Crippen LogP contribution is -2.40. The quantitative estimate of drug-likeness (QED) is 0.732. The molecule has 0 saturated carbocycles.